The fourth-order valence-electron chi connectivity index (χ4n) is 2.46. The van der Waals surface area contributed by atoms with E-state index in [0.717, 1.165) is 11.3 Å². The Labute approximate surface area is 153 Å². The fourth-order valence-corrected chi connectivity index (χ4v) is 2.46. The van der Waals surface area contributed by atoms with Crippen molar-refractivity contribution in [2.24, 2.45) is 5.73 Å². The van der Waals surface area contributed by atoms with Crippen molar-refractivity contribution < 1.29 is 37.0 Å². The molecule has 2 rings (SSSR count). The molecule has 3 atom stereocenters. The Balaban J connectivity index is 0.000000445. The van der Waals surface area contributed by atoms with Gasteiger partial charge in [0.15, 0.2) is 0 Å². The lowest BCUT2D eigenvalue weighted by atomic mass is 9.93. The largest absolute Gasteiger partial charge is 0.497 e. The molecule has 1 aliphatic heterocycles. The van der Waals surface area contributed by atoms with Gasteiger partial charge in [0, 0.05) is 12.5 Å². The molecule has 0 bridgehead atoms. The number of carbonyl (C=O) groups excluding carboxylic acids is 1. The summed E-state index contributed by atoms with van der Waals surface area (Å²) in [6.07, 6.45) is -5.59. The molecule has 27 heavy (non-hydrogen) atoms. The van der Waals surface area contributed by atoms with E-state index >= 15 is 0 Å². The van der Waals surface area contributed by atoms with Crippen molar-refractivity contribution in [1.82, 2.24) is 4.90 Å². The van der Waals surface area contributed by atoms with E-state index < -0.39 is 24.4 Å². The highest BCUT2D eigenvalue weighted by atomic mass is 19.4. The lowest BCUT2D eigenvalue weighted by Gasteiger charge is -2.25. The summed E-state index contributed by atoms with van der Waals surface area (Å²) in [6.45, 7) is 2.54. The van der Waals surface area contributed by atoms with Gasteiger partial charge in [0.25, 0.3) is 0 Å². The summed E-state index contributed by atoms with van der Waals surface area (Å²) in [6, 6.07) is 6.85. The minimum Gasteiger partial charge on any atom is -0.497 e. The number of carbonyl (C=O) groups is 2. The third-order valence-electron chi connectivity index (χ3n) is 4.15. The number of carboxylic acids is 1. The molecule has 1 saturated heterocycles. The normalized spacial score (nSPS) is 18.9. The number of hydrogen-bond donors (Lipinski definition) is 2. The predicted octanol–water partition coefficient (Wildman–Crippen LogP) is 2.33. The summed E-state index contributed by atoms with van der Waals surface area (Å²) in [5, 5.41) is 7.12. The Bertz CT molecular complexity index is 637. The van der Waals surface area contributed by atoms with Gasteiger partial charge in [-0.2, -0.15) is 13.2 Å². The highest BCUT2D eigenvalue weighted by Crippen LogP contribution is 2.23. The molecule has 0 spiro atoms. The van der Waals surface area contributed by atoms with Crippen LogP contribution in [0.3, 0.4) is 0 Å². The molecule has 1 fully saturated rings. The molecule has 6 nitrogen and oxygen atoms in total. The molecule has 1 heterocycles. The zero-order valence-corrected chi connectivity index (χ0v) is 14.9. The zero-order chi connectivity index (χ0) is 20.8. The van der Waals surface area contributed by atoms with Crippen molar-refractivity contribution in [2.45, 2.75) is 37.7 Å². The first-order valence-corrected chi connectivity index (χ1v) is 8.09. The smallest absolute Gasteiger partial charge is 0.490 e. The summed E-state index contributed by atoms with van der Waals surface area (Å²) in [7, 11) is 1.61. The van der Waals surface area contributed by atoms with Crippen molar-refractivity contribution in [3.8, 4) is 5.75 Å². The molecule has 0 radical (unpaired) electrons. The molecule has 0 aromatic heterocycles. The maximum absolute atomic E-state index is 13.2. The molecule has 0 unspecified atom stereocenters. The number of carboxylic acid groups (broad SMARTS) is 1. The minimum atomic E-state index is -5.08. The summed E-state index contributed by atoms with van der Waals surface area (Å²) >= 11 is 0. The fraction of sp³-hybridized carbons (Fsp3) is 0.529. The lowest BCUT2D eigenvalue weighted by molar-refractivity contribution is -0.192. The number of nitrogens with zero attached hydrogens (tertiary/aromatic N) is 1. The Morgan fingerprint density at radius 3 is 2.19 bits per heavy atom. The van der Waals surface area contributed by atoms with Gasteiger partial charge >= 0.3 is 12.1 Å². The van der Waals surface area contributed by atoms with Crippen LogP contribution in [0, 0.1) is 0 Å². The van der Waals surface area contributed by atoms with E-state index in [-0.39, 0.29) is 18.4 Å². The van der Waals surface area contributed by atoms with Crippen LogP contribution in [0.1, 0.15) is 24.8 Å². The molecule has 1 aromatic rings. The first kappa shape index (κ1) is 22.7. The number of ether oxygens (including phenoxy) is 1. The summed E-state index contributed by atoms with van der Waals surface area (Å²) in [5.41, 5.74) is 7.02. The quantitative estimate of drug-likeness (QED) is 0.765. The Morgan fingerprint density at radius 1 is 1.30 bits per heavy atom. The van der Waals surface area contributed by atoms with Gasteiger partial charge in [-0.05, 0) is 24.1 Å². The van der Waals surface area contributed by atoms with Crippen LogP contribution in [0.5, 0.6) is 5.75 Å². The van der Waals surface area contributed by atoms with E-state index in [1.807, 2.05) is 31.2 Å². The van der Waals surface area contributed by atoms with Crippen LogP contribution in [0.4, 0.5) is 17.6 Å². The number of amides is 1. The van der Waals surface area contributed by atoms with E-state index in [2.05, 4.69) is 0 Å². The van der Waals surface area contributed by atoms with Gasteiger partial charge in [-0.15, -0.1) is 0 Å². The van der Waals surface area contributed by atoms with Crippen LogP contribution in [-0.4, -0.2) is 60.5 Å². The maximum Gasteiger partial charge on any atom is 0.490 e. The number of likely N-dealkylation sites (tertiary alicyclic amines) is 1. The molecule has 1 amide bonds. The van der Waals surface area contributed by atoms with E-state index in [1.54, 1.807) is 7.11 Å². The second-order valence-corrected chi connectivity index (χ2v) is 6.06. The Kier molecular flexibility index (Phi) is 8.01. The van der Waals surface area contributed by atoms with E-state index in [9.17, 15) is 22.4 Å². The Hall–Kier alpha value is -2.36. The van der Waals surface area contributed by atoms with Crippen molar-refractivity contribution in [2.75, 3.05) is 20.2 Å². The first-order valence-electron chi connectivity index (χ1n) is 8.09. The van der Waals surface area contributed by atoms with Gasteiger partial charge < -0.3 is 20.5 Å². The zero-order valence-electron chi connectivity index (χ0n) is 14.9. The number of alkyl halides is 4. The van der Waals surface area contributed by atoms with Gasteiger partial charge in [0.1, 0.15) is 11.9 Å². The van der Waals surface area contributed by atoms with Gasteiger partial charge in [-0.1, -0.05) is 19.1 Å². The van der Waals surface area contributed by atoms with Crippen LogP contribution in [0.25, 0.3) is 0 Å². The molecule has 10 heteroatoms. The number of nitrogens with two attached hydrogens (primary N) is 1. The second kappa shape index (κ2) is 9.54. The molecular formula is C17H22F4N2O4. The monoisotopic (exact) mass is 394 g/mol. The standard InChI is InChI=1S/C15H21FN2O2.C2HF3O2/c1-10(11-3-5-13(20-2)6-4-11)14(17)15(19)18-8-7-12(16)9-18;3-2(4,5)1(6)7/h3-6,10,12,14H,7-9,17H2,1-2H3;(H,6,7)/t10-,12-,14-;/m0./s1. The Morgan fingerprint density at radius 2 is 1.81 bits per heavy atom. The van der Waals surface area contributed by atoms with Crippen molar-refractivity contribution in [1.29, 1.82) is 0 Å². The molecule has 152 valence electrons. The number of hydrogen-bond acceptors (Lipinski definition) is 4. The molecular weight excluding hydrogens is 372 g/mol. The van der Waals surface area contributed by atoms with E-state index in [0.29, 0.717) is 13.0 Å². The van der Waals surface area contributed by atoms with Crippen LogP contribution >= 0.6 is 0 Å². The van der Waals surface area contributed by atoms with Gasteiger partial charge in [0.2, 0.25) is 5.91 Å². The van der Waals surface area contributed by atoms with E-state index in [4.69, 9.17) is 20.4 Å². The van der Waals surface area contributed by atoms with Crippen LogP contribution < -0.4 is 10.5 Å². The number of halogens is 4. The van der Waals surface area contributed by atoms with Crippen molar-refractivity contribution in [3.05, 3.63) is 29.8 Å². The molecule has 0 aliphatic carbocycles. The van der Waals surface area contributed by atoms with Gasteiger partial charge in [-0.3, -0.25) is 4.79 Å². The number of aliphatic carboxylic acids is 1. The van der Waals surface area contributed by atoms with E-state index in [1.165, 1.54) is 4.90 Å². The predicted molar refractivity (Wildman–Crippen MR) is 89.2 cm³/mol. The summed E-state index contributed by atoms with van der Waals surface area (Å²) in [5.74, 6) is -2.28. The van der Waals surface area contributed by atoms with Gasteiger partial charge in [-0.25, -0.2) is 9.18 Å². The van der Waals surface area contributed by atoms with Crippen LogP contribution in [0.15, 0.2) is 24.3 Å². The maximum atomic E-state index is 13.2. The number of methoxy groups -OCH3 is 1. The average Bonchev–Trinajstić information content (AvgIpc) is 3.06. The third-order valence-corrected chi connectivity index (χ3v) is 4.15. The number of benzene rings is 1. The highest BCUT2D eigenvalue weighted by molar-refractivity contribution is 5.83. The molecule has 0 saturated carbocycles. The second-order valence-electron chi connectivity index (χ2n) is 6.06. The molecule has 1 aromatic carbocycles. The molecule has 3 N–H and O–H groups in total. The van der Waals surface area contributed by atoms with Crippen molar-refractivity contribution >= 4 is 11.9 Å². The summed E-state index contributed by atoms with van der Waals surface area (Å²) < 4.78 is 50.0. The average molecular weight is 394 g/mol. The highest BCUT2D eigenvalue weighted by Gasteiger charge is 2.38. The van der Waals surface area contributed by atoms with Crippen LogP contribution in [0.2, 0.25) is 0 Å². The van der Waals surface area contributed by atoms with Crippen molar-refractivity contribution in [3.63, 3.8) is 0 Å². The molecule has 1 aliphatic rings. The topological polar surface area (TPSA) is 92.9 Å². The lowest BCUT2D eigenvalue weighted by Crippen LogP contribution is -2.45. The SMILES string of the molecule is COc1ccc([C@H](C)[C@H](N)C(=O)N2CC[C@H](F)C2)cc1.O=C(O)C(F)(F)F. The summed E-state index contributed by atoms with van der Waals surface area (Å²) in [4.78, 5) is 22.7. The number of rotatable bonds is 4. The third kappa shape index (κ3) is 6.70. The van der Waals surface area contributed by atoms with Gasteiger partial charge in [0.05, 0.1) is 19.7 Å². The first-order chi connectivity index (χ1) is 12.5. The van der Waals surface area contributed by atoms with Crippen LogP contribution in [-0.2, 0) is 9.59 Å². The minimum absolute atomic E-state index is 0.118.